The quantitative estimate of drug-likeness (QED) is 0.589. The van der Waals surface area contributed by atoms with Crippen LogP contribution < -0.4 is 15.6 Å². The van der Waals surface area contributed by atoms with E-state index in [1.54, 1.807) is 35.7 Å². The number of hydrazine groups is 1. The molecule has 0 aliphatic rings. The van der Waals surface area contributed by atoms with Gasteiger partial charge in [-0.15, -0.1) is 11.3 Å². The molecule has 9 heteroatoms. The highest BCUT2D eigenvalue weighted by Crippen LogP contribution is 2.30. The molecule has 0 fully saturated rings. The number of nitrogens with one attached hydrogen (secondary N) is 2. The number of carbonyl (C=O) groups excluding carboxylic acids is 2. The number of hydrogen-bond acceptors (Lipinski definition) is 6. The second kappa shape index (κ2) is 9.68. The molecule has 3 rings (SSSR count). The summed E-state index contributed by atoms with van der Waals surface area (Å²) in [5.74, 6) is -0.481. The summed E-state index contributed by atoms with van der Waals surface area (Å²) in [4.78, 5) is 28.2. The van der Waals surface area contributed by atoms with Crippen LogP contribution in [0.25, 0.3) is 10.6 Å². The first-order valence-electron chi connectivity index (χ1n) is 8.45. The molecular weight excluding hydrogens is 412 g/mol. The Balaban J connectivity index is 1.44. The molecule has 2 amide bonds. The number of nitrogens with zero attached hydrogens (tertiary/aromatic N) is 2. The van der Waals surface area contributed by atoms with Crippen molar-refractivity contribution >= 4 is 34.8 Å². The van der Waals surface area contributed by atoms with Gasteiger partial charge in [0.1, 0.15) is 10.8 Å². The Morgan fingerprint density at radius 1 is 1.10 bits per heavy atom. The van der Waals surface area contributed by atoms with Crippen molar-refractivity contribution < 1.29 is 14.3 Å². The molecule has 0 aliphatic carbocycles. The van der Waals surface area contributed by atoms with Gasteiger partial charge >= 0.3 is 0 Å². The minimum absolute atomic E-state index is 0.0116. The summed E-state index contributed by atoms with van der Waals surface area (Å²) in [6, 6.07) is 15.7. The molecule has 2 N–H and O–H groups in total. The number of amides is 2. The third kappa shape index (κ3) is 5.78. The normalized spacial score (nSPS) is 10.1. The lowest BCUT2D eigenvalue weighted by molar-refractivity contribution is -0.129. The first-order valence-corrected chi connectivity index (χ1v) is 9.71. The van der Waals surface area contributed by atoms with Gasteiger partial charge in [0.15, 0.2) is 6.61 Å². The van der Waals surface area contributed by atoms with Crippen LogP contribution in [0.5, 0.6) is 5.75 Å². The standard InChI is InChI=1S/C20H15ClN4O3S/c21-17-4-2-1-3-16(17)20-23-14(12-29-20)9-18(26)24-25-19(27)11-28-15-7-5-13(10-22)6-8-15/h1-8,12H,9,11H2,(H,24,26)(H,25,27). The largest absolute Gasteiger partial charge is 0.484 e. The lowest BCUT2D eigenvalue weighted by Gasteiger charge is -2.08. The molecule has 0 unspecified atom stereocenters. The average molecular weight is 427 g/mol. The van der Waals surface area contributed by atoms with E-state index < -0.39 is 11.8 Å². The fourth-order valence-electron chi connectivity index (χ4n) is 2.31. The summed E-state index contributed by atoms with van der Waals surface area (Å²) in [5.41, 5.74) is 6.48. The van der Waals surface area contributed by atoms with E-state index in [9.17, 15) is 9.59 Å². The van der Waals surface area contributed by atoms with E-state index >= 15 is 0 Å². The van der Waals surface area contributed by atoms with Gasteiger partial charge in [-0.25, -0.2) is 4.98 Å². The van der Waals surface area contributed by atoms with Crippen molar-refractivity contribution in [1.82, 2.24) is 15.8 Å². The zero-order valence-electron chi connectivity index (χ0n) is 15.0. The minimum atomic E-state index is -0.516. The second-order valence-electron chi connectivity index (χ2n) is 5.82. The second-order valence-corrected chi connectivity index (χ2v) is 7.09. The van der Waals surface area contributed by atoms with E-state index in [1.807, 2.05) is 24.3 Å². The zero-order valence-corrected chi connectivity index (χ0v) is 16.6. The maximum absolute atomic E-state index is 12.0. The molecule has 0 spiro atoms. The number of carbonyl (C=O) groups is 2. The summed E-state index contributed by atoms with van der Waals surface area (Å²) >= 11 is 7.55. The first kappa shape index (κ1) is 20.3. The van der Waals surface area contributed by atoms with Gasteiger partial charge in [0.25, 0.3) is 5.91 Å². The molecule has 0 saturated carbocycles. The van der Waals surface area contributed by atoms with Gasteiger partial charge in [-0.3, -0.25) is 20.4 Å². The van der Waals surface area contributed by atoms with Crippen LogP contribution in [0, 0.1) is 11.3 Å². The molecule has 29 heavy (non-hydrogen) atoms. The molecule has 1 heterocycles. The van der Waals surface area contributed by atoms with Gasteiger partial charge < -0.3 is 4.74 Å². The number of hydrogen-bond donors (Lipinski definition) is 2. The van der Waals surface area contributed by atoms with Crippen LogP contribution in [0.4, 0.5) is 0 Å². The fourth-order valence-corrected chi connectivity index (χ4v) is 3.45. The zero-order chi connectivity index (χ0) is 20.6. The topological polar surface area (TPSA) is 104 Å². The SMILES string of the molecule is N#Cc1ccc(OCC(=O)NNC(=O)Cc2csc(-c3ccccc3Cl)n2)cc1. The smallest absolute Gasteiger partial charge is 0.276 e. The Morgan fingerprint density at radius 3 is 2.55 bits per heavy atom. The van der Waals surface area contributed by atoms with Crippen LogP contribution in [0.1, 0.15) is 11.3 Å². The molecule has 7 nitrogen and oxygen atoms in total. The Hall–Kier alpha value is -3.41. The van der Waals surface area contributed by atoms with Crippen LogP contribution in [0.15, 0.2) is 53.9 Å². The van der Waals surface area contributed by atoms with E-state index in [1.165, 1.54) is 11.3 Å². The highest BCUT2D eigenvalue weighted by Gasteiger charge is 2.12. The van der Waals surface area contributed by atoms with Crippen LogP contribution in [-0.2, 0) is 16.0 Å². The van der Waals surface area contributed by atoms with Crippen molar-refractivity contribution in [2.75, 3.05) is 6.61 Å². The van der Waals surface area contributed by atoms with Gasteiger partial charge in [-0.2, -0.15) is 5.26 Å². The lowest BCUT2D eigenvalue weighted by Crippen LogP contribution is -2.44. The van der Waals surface area contributed by atoms with Gasteiger partial charge in [-0.05, 0) is 30.3 Å². The molecular formula is C20H15ClN4O3S. The lowest BCUT2D eigenvalue weighted by atomic mass is 10.2. The Morgan fingerprint density at radius 2 is 1.83 bits per heavy atom. The van der Waals surface area contributed by atoms with Crippen LogP contribution in [-0.4, -0.2) is 23.4 Å². The number of halogens is 1. The molecule has 0 aliphatic heterocycles. The predicted molar refractivity (Wildman–Crippen MR) is 109 cm³/mol. The summed E-state index contributed by atoms with van der Waals surface area (Å²) in [6.45, 7) is -0.278. The molecule has 0 bridgehead atoms. The number of ether oxygens (including phenoxy) is 1. The molecule has 146 valence electrons. The molecule has 1 aromatic heterocycles. The van der Waals surface area contributed by atoms with E-state index in [0.29, 0.717) is 22.0 Å². The van der Waals surface area contributed by atoms with Gasteiger partial charge in [0.2, 0.25) is 5.91 Å². The van der Waals surface area contributed by atoms with Crippen LogP contribution in [0.2, 0.25) is 5.02 Å². The summed E-state index contributed by atoms with van der Waals surface area (Å²) in [7, 11) is 0. The maximum Gasteiger partial charge on any atom is 0.276 e. The number of thiazole rings is 1. The Labute approximate surface area is 175 Å². The average Bonchev–Trinajstić information content (AvgIpc) is 3.19. The molecule has 0 atom stereocenters. The van der Waals surface area contributed by atoms with Crippen molar-refractivity contribution in [3.8, 4) is 22.4 Å². The summed E-state index contributed by atoms with van der Waals surface area (Å²) in [6.07, 6.45) is 0.0116. The minimum Gasteiger partial charge on any atom is -0.484 e. The summed E-state index contributed by atoms with van der Waals surface area (Å²) < 4.78 is 5.29. The van der Waals surface area contributed by atoms with E-state index in [2.05, 4.69) is 15.8 Å². The Bertz CT molecular complexity index is 1060. The van der Waals surface area contributed by atoms with Gasteiger partial charge in [0.05, 0.1) is 28.8 Å². The number of benzene rings is 2. The molecule has 3 aromatic rings. The molecule has 0 saturated heterocycles. The third-order valence-corrected chi connectivity index (χ3v) is 4.95. The predicted octanol–water partition coefficient (Wildman–Crippen LogP) is 3.10. The van der Waals surface area contributed by atoms with Crippen molar-refractivity contribution in [3.05, 3.63) is 70.2 Å². The van der Waals surface area contributed by atoms with Crippen molar-refractivity contribution in [2.45, 2.75) is 6.42 Å². The van der Waals surface area contributed by atoms with E-state index in [0.717, 1.165) is 10.6 Å². The molecule has 0 radical (unpaired) electrons. The number of rotatable bonds is 6. The monoisotopic (exact) mass is 426 g/mol. The van der Waals surface area contributed by atoms with E-state index in [4.69, 9.17) is 21.6 Å². The van der Waals surface area contributed by atoms with E-state index in [-0.39, 0.29) is 13.0 Å². The number of nitriles is 1. The Kier molecular flexibility index (Phi) is 6.79. The van der Waals surface area contributed by atoms with Crippen molar-refractivity contribution in [3.63, 3.8) is 0 Å². The third-order valence-electron chi connectivity index (χ3n) is 3.69. The van der Waals surface area contributed by atoms with Crippen molar-refractivity contribution in [1.29, 1.82) is 5.26 Å². The van der Waals surface area contributed by atoms with Gasteiger partial charge in [-0.1, -0.05) is 29.8 Å². The first-order chi connectivity index (χ1) is 14.0. The van der Waals surface area contributed by atoms with Gasteiger partial charge in [0, 0.05) is 10.9 Å². The maximum atomic E-state index is 12.0. The number of aromatic nitrogens is 1. The fraction of sp³-hybridized carbons (Fsp3) is 0.100. The van der Waals surface area contributed by atoms with Crippen LogP contribution >= 0.6 is 22.9 Å². The van der Waals surface area contributed by atoms with Crippen LogP contribution in [0.3, 0.4) is 0 Å². The highest BCUT2D eigenvalue weighted by molar-refractivity contribution is 7.13. The summed E-state index contributed by atoms with van der Waals surface area (Å²) in [5, 5.41) is 11.8. The molecule has 2 aromatic carbocycles. The highest BCUT2D eigenvalue weighted by atomic mass is 35.5. The van der Waals surface area contributed by atoms with Crippen molar-refractivity contribution in [2.24, 2.45) is 0 Å².